The molecule has 1 rings (SSSR count). The summed E-state index contributed by atoms with van der Waals surface area (Å²) in [5.41, 5.74) is 0.974. The van der Waals surface area contributed by atoms with Gasteiger partial charge in [0.15, 0.2) is 0 Å². The van der Waals surface area contributed by atoms with Gasteiger partial charge in [0.25, 0.3) is 0 Å². The van der Waals surface area contributed by atoms with Gasteiger partial charge in [-0.25, -0.2) is 8.42 Å². The molecule has 17 heavy (non-hydrogen) atoms. The van der Waals surface area contributed by atoms with Crippen molar-refractivity contribution in [3.63, 3.8) is 0 Å². The third kappa shape index (κ3) is 3.98. The number of hydrogen-bond acceptors (Lipinski definition) is 2. The highest BCUT2D eigenvalue weighted by atomic mass is 35.5. The number of rotatable bonds is 6. The molecule has 0 aliphatic rings. The van der Waals surface area contributed by atoms with Gasteiger partial charge < -0.3 is 0 Å². The zero-order valence-electron chi connectivity index (χ0n) is 10.1. The van der Waals surface area contributed by atoms with Crippen molar-refractivity contribution in [3.8, 4) is 0 Å². The lowest BCUT2D eigenvalue weighted by atomic mass is 10.2. The molecule has 0 atom stereocenters. The SMILES string of the molecule is CC(C)S(=O)(=O)N(CCCl)Cc1ccccc1. The summed E-state index contributed by atoms with van der Waals surface area (Å²) in [5.74, 6) is 0.304. The second kappa shape index (κ2) is 6.38. The van der Waals surface area contributed by atoms with Crippen LogP contribution in [-0.2, 0) is 16.6 Å². The van der Waals surface area contributed by atoms with Crippen molar-refractivity contribution in [2.45, 2.75) is 25.6 Å². The molecule has 0 aromatic heterocycles. The van der Waals surface area contributed by atoms with E-state index in [-0.39, 0.29) is 0 Å². The Hall–Kier alpha value is -0.580. The molecule has 0 aliphatic carbocycles. The molecule has 96 valence electrons. The van der Waals surface area contributed by atoms with Crippen molar-refractivity contribution >= 4 is 21.6 Å². The highest BCUT2D eigenvalue weighted by molar-refractivity contribution is 7.89. The maximum Gasteiger partial charge on any atom is 0.216 e. The average molecular weight is 276 g/mol. The predicted octanol–water partition coefficient (Wildman–Crippen LogP) is 2.47. The maximum absolute atomic E-state index is 12.1. The zero-order valence-corrected chi connectivity index (χ0v) is 11.7. The second-order valence-corrected chi connectivity index (χ2v) is 6.97. The Morgan fingerprint density at radius 3 is 2.29 bits per heavy atom. The van der Waals surface area contributed by atoms with Crippen LogP contribution in [0.4, 0.5) is 0 Å². The van der Waals surface area contributed by atoms with Gasteiger partial charge in [-0.3, -0.25) is 0 Å². The van der Waals surface area contributed by atoms with Crippen molar-refractivity contribution in [3.05, 3.63) is 35.9 Å². The third-order valence-electron chi connectivity index (χ3n) is 2.49. The Morgan fingerprint density at radius 2 is 1.82 bits per heavy atom. The summed E-state index contributed by atoms with van der Waals surface area (Å²) < 4.78 is 25.6. The van der Waals surface area contributed by atoms with Crippen LogP contribution in [0, 0.1) is 0 Å². The molecule has 0 saturated carbocycles. The van der Waals surface area contributed by atoms with Gasteiger partial charge in [-0.2, -0.15) is 4.31 Å². The van der Waals surface area contributed by atoms with E-state index >= 15 is 0 Å². The molecule has 0 aliphatic heterocycles. The fourth-order valence-corrected chi connectivity index (χ4v) is 3.05. The van der Waals surface area contributed by atoms with E-state index in [0.29, 0.717) is 19.0 Å². The Kier molecular flexibility index (Phi) is 5.43. The van der Waals surface area contributed by atoms with Crippen LogP contribution in [0.15, 0.2) is 30.3 Å². The molecule has 3 nitrogen and oxygen atoms in total. The first-order valence-electron chi connectivity index (χ1n) is 5.57. The van der Waals surface area contributed by atoms with E-state index in [2.05, 4.69) is 0 Å². The molecule has 0 heterocycles. The monoisotopic (exact) mass is 275 g/mol. The Morgan fingerprint density at radius 1 is 1.24 bits per heavy atom. The molecule has 0 saturated heterocycles. The van der Waals surface area contributed by atoms with E-state index in [1.807, 2.05) is 30.3 Å². The van der Waals surface area contributed by atoms with Crippen LogP contribution in [-0.4, -0.2) is 30.4 Å². The number of benzene rings is 1. The van der Waals surface area contributed by atoms with E-state index in [1.54, 1.807) is 13.8 Å². The normalized spacial score (nSPS) is 12.3. The average Bonchev–Trinajstić information content (AvgIpc) is 2.29. The number of nitrogens with zero attached hydrogens (tertiary/aromatic N) is 1. The molecule has 0 unspecified atom stereocenters. The molecule has 5 heteroatoms. The molecule has 0 radical (unpaired) electrons. The lowest BCUT2D eigenvalue weighted by molar-refractivity contribution is 0.419. The predicted molar refractivity (Wildman–Crippen MR) is 71.6 cm³/mol. The number of alkyl halides is 1. The highest BCUT2D eigenvalue weighted by Crippen LogP contribution is 2.13. The standard InChI is InChI=1S/C12H18ClNO2S/c1-11(2)17(15,16)14(9-8-13)10-12-6-4-3-5-7-12/h3-7,11H,8-10H2,1-2H3. The van der Waals surface area contributed by atoms with E-state index < -0.39 is 15.3 Å². The van der Waals surface area contributed by atoms with Gasteiger partial charge in [-0.05, 0) is 19.4 Å². The maximum atomic E-state index is 12.1. The third-order valence-corrected chi connectivity index (χ3v) is 4.88. The Bertz CT molecular complexity index is 431. The summed E-state index contributed by atoms with van der Waals surface area (Å²) >= 11 is 5.67. The lowest BCUT2D eigenvalue weighted by Gasteiger charge is -2.23. The fourth-order valence-electron chi connectivity index (χ4n) is 1.48. The van der Waals surface area contributed by atoms with Gasteiger partial charge in [0, 0.05) is 19.0 Å². The van der Waals surface area contributed by atoms with Crippen molar-refractivity contribution in [2.75, 3.05) is 12.4 Å². The second-order valence-electron chi connectivity index (χ2n) is 4.10. The molecule has 0 spiro atoms. The topological polar surface area (TPSA) is 37.4 Å². The fraction of sp³-hybridized carbons (Fsp3) is 0.500. The van der Waals surface area contributed by atoms with Crippen molar-refractivity contribution in [2.24, 2.45) is 0 Å². The van der Waals surface area contributed by atoms with Crippen LogP contribution < -0.4 is 0 Å². The zero-order chi connectivity index (χ0) is 12.9. The van der Waals surface area contributed by atoms with E-state index in [4.69, 9.17) is 11.6 Å². The van der Waals surface area contributed by atoms with Crippen LogP contribution in [0.2, 0.25) is 0 Å². The lowest BCUT2D eigenvalue weighted by Crippen LogP contribution is -2.37. The Labute approximate surface area is 108 Å². The van der Waals surface area contributed by atoms with Gasteiger partial charge >= 0.3 is 0 Å². The Balaban J connectivity index is 2.88. The van der Waals surface area contributed by atoms with Crippen LogP contribution in [0.1, 0.15) is 19.4 Å². The molecule has 0 amide bonds. The smallest absolute Gasteiger partial charge is 0.212 e. The molecular formula is C12H18ClNO2S. The summed E-state index contributed by atoms with van der Waals surface area (Å²) in [7, 11) is -3.25. The van der Waals surface area contributed by atoms with E-state index in [9.17, 15) is 8.42 Å². The van der Waals surface area contributed by atoms with Crippen LogP contribution in [0.5, 0.6) is 0 Å². The van der Waals surface area contributed by atoms with Gasteiger partial charge in [0.05, 0.1) is 5.25 Å². The molecule has 0 N–H and O–H groups in total. The quantitative estimate of drug-likeness (QED) is 0.748. The summed E-state index contributed by atoms with van der Waals surface area (Å²) in [6.07, 6.45) is 0. The van der Waals surface area contributed by atoms with Crippen molar-refractivity contribution in [1.82, 2.24) is 4.31 Å². The summed E-state index contributed by atoms with van der Waals surface area (Å²) in [5, 5.41) is -0.422. The highest BCUT2D eigenvalue weighted by Gasteiger charge is 2.25. The molecule has 1 aromatic rings. The van der Waals surface area contributed by atoms with Gasteiger partial charge in [0.1, 0.15) is 0 Å². The van der Waals surface area contributed by atoms with Gasteiger partial charge in [0.2, 0.25) is 10.0 Å². The van der Waals surface area contributed by atoms with Gasteiger partial charge in [-0.1, -0.05) is 30.3 Å². The van der Waals surface area contributed by atoms with Crippen molar-refractivity contribution < 1.29 is 8.42 Å². The van der Waals surface area contributed by atoms with E-state index in [1.165, 1.54) is 4.31 Å². The largest absolute Gasteiger partial charge is 0.216 e. The molecular weight excluding hydrogens is 258 g/mol. The van der Waals surface area contributed by atoms with Crippen LogP contribution in [0.25, 0.3) is 0 Å². The number of halogens is 1. The first-order chi connectivity index (χ1) is 7.98. The molecule has 1 aromatic carbocycles. The van der Waals surface area contributed by atoms with Gasteiger partial charge in [-0.15, -0.1) is 11.6 Å². The summed E-state index contributed by atoms with van der Waals surface area (Å²) in [6, 6.07) is 9.53. The van der Waals surface area contributed by atoms with Crippen molar-refractivity contribution in [1.29, 1.82) is 0 Å². The number of hydrogen-bond donors (Lipinski definition) is 0. The van der Waals surface area contributed by atoms with Crippen LogP contribution in [0.3, 0.4) is 0 Å². The minimum atomic E-state index is -3.25. The van der Waals surface area contributed by atoms with E-state index in [0.717, 1.165) is 5.56 Å². The summed E-state index contributed by atoms with van der Waals surface area (Å²) in [4.78, 5) is 0. The molecule has 0 bridgehead atoms. The number of sulfonamides is 1. The minimum Gasteiger partial charge on any atom is -0.212 e. The van der Waals surface area contributed by atoms with Crippen LogP contribution >= 0.6 is 11.6 Å². The minimum absolute atomic E-state index is 0.304. The summed E-state index contributed by atoms with van der Waals surface area (Å²) in [6.45, 7) is 4.09. The molecule has 0 fully saturated rings. The first kappa shape index (κ1) is 14.5. The first-order valence-corrected chi connectivity index (χ1v) is 7.61.